The van der Waals surface area contributed by atoms with Crippen LogP contribution in [0.1, 0.15) is 53.9 Å². The van der Waals surface area contributed by atoms with Crippen LogP contribution >= 0.6 is 0 Å². The number of carboxylic acids is 1. The summed E-state index contributed by atoms with van der Waals surface area (Å²) in [6.07, 6.45) is 7.56. The quantitative estimate of drug-likeness (QED) is 0.698. The van der Waals surface area contributed by atoms with E-state index in [9.17, 15) is 4.79 Å². The van der Waals surface area contributed by atoms with Crippen molar-refractivity contribution in [3.63, 3.8) is 0 Å². The van der Waals surface area contributed by atoms with E-state index in [0.717, 1.165) is 18.4 Å². The summed E-state index contributed by atoms with van der Waals surface area (Å²) < 4.78 is 0. The molecule has 1 fully saturated rings. The van der Waals surface area contributed by atoms with Crippen molar-refractivity contribution in [3.05, 3.63) is 17.3 Å². The lowest BCUT2D eigenvalue weighted by atomic mass is 9.83. The van der Waals surface area contributed by atoms with Gasteiger partial charge in [-0.3, -0.25) is 0 Å². The summed E-state index contributed by atoms with van der Waals surface area (Å²) in [5.74, 6) is -0.268. The van der Waals surface area contributed by atoms with E-state index in [2.05, 4.69) is 4.98 Å². The molecule has 1 saturated carbocycles. The highest BCUT2D eigenvalue weighted by Crippen LogP contribution is 2.35. The fourth-order valence-corrected chi connectivity index (χ4v) is 2.43. The Hall–Kier alpha value is -1.45. The van der Waals surface area contributed by atoms with Crippen LogP contribution in [0.15, 0.2) is 6.20 Å². The van der Waals surface area contributed by atoms with Crippen molar-refractivity contribution in [2.24, 2.45) is 0 Å². The lowest BCUT2D eigenvalue weighted by Gasteiger charge is -2.21. The third-order valence-corrected chi connectivity index (χ3v) is 3.20. The summed E-state index contributed by atoms with van der Waals surface area (Å²) >= 11 is 0. The predicted molar refractivity (Wildman–Crippen MR) is 58.0 cm³/mol. The Morgan fingerprint density at radius 2 is 2.07 bits per heavy atom. The first-order valence-corrected chi connectivity index (χ1v) is 5.40. The number of nitrogen functional groups attached to an aromatic ring is 1. The van der Waals surface area contributed by atoms with Crippen LogP contribution in [0.25, 0.3) is 0 Å². The van der Waals surface area contributed by atoms with Crippen LogP contribution in [0, 0.1) is 0 Å². The van der Waals surface area contributed by atoms with E-state index in [1.807, 2.05) is 0 Å². The third kappa shape index (κ3) is 1.84. The standard InChI is InChI=1S/C11H16N2O2/c12-10-9(11(14)15)8(6-13-10)7-4-2-1-3-5-7/h6-7,13H,1-5,12H2,(H,14,15). The van der Waals surface area contributed by atoms with Crippen LogP contribution in [-0.2, 0) is 0 Å². The van der Waals surface area contributed by atoms with Gasteiger partial charge in [0.2, 0.25) is 0 Å². The smallest absolute Gasteiger partial charge is 0.339 e. The molecular weight excluding hydrogens is 192 g/mol. The molecule has 0 radical (unpaired) electrons. The molecule has 1 aliphatic carbocycles. The van der Waals surface area contributed by atoms with Gasteiger partial charge in [0.25, 0.3) is 0 Å². The van der Waals surface area contributed by atoms with Crippen molar-refractivity contribution in [3.8, 4) is 0 Å². The van der Waals surface area contributed by atoms with E-state index in [4.69, 9.17) is 10.8 Å². The zero-order valence-corrected chi connectivity index (χ0v) is 8.62. The second-order valence-electron chi connectivity index (χ2n) is 4.17. The molecule has 0 spiro atoms. The summed E-state index contributed by atoms with van der Waals surface area (Å²) in [4.78, 5) is 13.9. The van der Waals surface area contributed by atoms with E-state index in [1.165, 1.54) is 19.3 Å². The van der Waals surface area contributed by atoms with E-state index in [0.29, 0.717) is 5.92 Å². The van der Waals surface area contributed by atoms with Crippen LogP contribution in [0.2, 0.25) is 0 Å². The normalized spacial score (nSPS) is 17.9. The highest BCUT2D eigenvalue weighted by atomic mass is 16.4. The molecule has 1 aliphatic rings. The van der Waals surface area contributed by atoms with Gasteiger partial charge in [-0.15, -0.1) is 0 Å². The van der Waals surface area contributed by atoms with Gasteiger partial charge < -0.3 is 15.8 Å². The fourth-order valence-electron chi connectivity index (χ4n) is 2.43. The minimum Gasteiger partial charge on any atom is -0.478 e. The summed E-state index contributed by atoms with van der Waals surface area (Å²) in [5.41, 5.74) is 6.78. The predicted octanol–water partition coefficient (Wildman–Crippen LogP) is 2.34. The molecule has 2 rings (SSSR count). The lowest BCUT2D eigenvalue weighted by molar-refractivity contribution is 0.0696. The molecule has 15 heavy (non-hydrogen) atoms. The summed E-state index contributed by atoms with van der Waals surface area (Å²) in [6.45, 7) is 0. The summed E-state index contributed by atoms with van der Waals surface area (Å²) in [5, 5.41) is 9.07. The Bertz CT molecular complexity index is 365. The Morgan fingerprint density at radius 3 is 2.67 bits per heavy atom. The number of hydrogen-bond donors (Lipinski definition) is 3. The molecule has 0 aromatic carbocycles. The van der Waals surface area contributed by atoms with Gasteiger partial charge in [0.05, 0.1) is 0 Å². The van der Waals surface area contributed by atoms with Gasteiger partial charge in [0.1, 0.15) is 11.4 Å². The number of anilines is 1. The molecule has 0 bridgehead atoms. The molecule has 4 heteroatoms. The fraction of sp³-hybridized carbons (Fsp3) is 0.545. The van der Waals surface area contributed by atoms with Crippen molar-refractivity contribution in [2.75, 3.05) is 5.73 Å². The molecule has 82 valence electrons. The Kier molecular flexibility index (Phi) is 2.66. The zero-order valence-electron chi connectivity index (χ0n) is 8.62. The molecule has 0 amide bonds. The topological polar surface area (TPSA) is 79.1 Å². The number of hydrogen-bond acceptors (Lipinski definition) is 2. The number of aromatic carboxylic acids is 1. The zero-order chi connectivity index (χ0) is 10.8. The molecule has 1 aromatic heterocycles. The van der Waals surface area contributed by atoms with Gasteiger partial charge in [-0.05, 0) is 24.3 Å². The molecule has 4 nitrogen and oxygen atoms in total. The number of H-pyrrole nitrogens is 1. The number of nitrogens with two attached hydrogens (primary N) is 1. The van der Waals surface area contributed by atoms with E-state index < -0.39 is 5.97 Å². The molecule has 0 aliphatic heterocycles. The number of rotatable bonds is 2. The first kappa shape index (κ1) is 10.1. The minimum atomic E-state index is -0.922. The third-order valence-electron chi connectivity index (χ3n) is 3.20. The van der Waals surface area contributed by atoms with Crippen LogP contribution in [0.5, 0.6) is 0 Å². The highest BCUT2D eigenvalue weighted by molar-refractivity contribution is 5.94. The van der Waals surface area contributed by atoms with Crippen LogP contribution in [-0.4, -0.2) is 16.1 Å². The maximum absolute atomic E-state index is 11.0. The van der Waals surface area contributed by atoms with Crippen molar-refractivity contribution >= 4 is 11.8 Å². The Labute approximate surface area is 88.5 Å². The second kappa shape index (κ2) is 3.96. The molecule has 0 saturated heterocycles. The van der Waals surface area contributed by atoms with Crippen molar-refractivity contribution < 1.29 is 9.90 Å². The molecule has 4 N–H and O–H groups in total. The monoisotopic (exact) mass is 208 g/mol. The summed E-state index contributed by atoms with van der Waals surface area (Å²) in [7, 11) is 0. The molecule has 0 unspecified atom stereocenters. The first-order chi connectivity index (χ1) is 7.20. The minimum absolute atomic E-state index is 0.280. The van der Waals surface area contributed by atoms with E-state index >= 15 is 0 Å². The molecule has 1 aromatic rings. The number of aromatic nitrogens is 1. The maximum Gasteiger partial charge on any atom is 0.339 e. The molecular formula is C11H16N2O2. The van der Waals surface area contributed by atoms with Gasteiger partial charge in [-0.1, -0.05) is 19.3 Å². The van der Waals surface area contributed by atoms with Gasteiger partial charge in [0, 0.05) is 6.20 Å². The average Bonchev–Trinajstić information content (AvgIpc) is 2.61. The Balaban J connectivity index is 2.30. The highest BCUT2D eigenvalue weighted by Gasteiger charge is 2.24. The van der Waals surface area contributed by atoms with E-state index in [1.54, 1.807) is 6.20 Å². The first-order valence-electron chi connectivity index (χ1n) is 5.40. The van der Waals surface area contributed by atoms with Crippen molar-refractivity contribution in [1.82, 2.24) is 4.98 Å². The number of nitrogens with one attached hydrogen (secondary N) is 1. The number of aromatic amines is 1. The molecule has 1 heterocycles. The van der Waals surface area contributed by atoms with Crippen molar-refractivity contribution in [1.29, 1.82) is 0 Å². The van der Waals surface area contributed by atoms with Gasteiger partial charge >= 0.3 is 5.97 Å². The Morgan fingerprint density at radius 1 is 1.40 bits per heavy atom. The van der Waals surface area contributed by atoms with Crippen molar-refractivity contribution in [2.45, 2.75) is 38.0 Å². The van der Waals surface area contributed by atoms with Gasteiger partial charge in [-0.2, -0.15) is 0 Å². The second-order valence-corrected chi connectivity index (χ2v) is 4.17. The number of carboxylic acid groups (broad SMARTS) is 1. The largest absolute Gasteiger partial charge is 0.478 e. The van der Waals surface area contributed by atoms with Crippen LogP contribution < -0.4 is 5.73 Å². The van der Waals surface area contributed by atoms with Gasteiger partial charge in [-0.25, -0.2) is 4.79 Å². The lowest BCUT2D eigenvalue weighted by Crippen LogP contribution is -2.09. The maximum atomic E-state index is 11.0. The van der Waals surface area contributed by atoms with E-state index in [-0.39, 0.29) is 11.4 Å². The van der Waals surface area contributed by atoms with Gasteiger partial charge in [0.15, 0.2) is 0 Å². The SMILES string of the molecule is Nc1[nH]cc(C2CCCCC2)c1C(=O)O. The number of carbonyl (C=O) groups is 1. The molecule has 0 atom stereocenters. The summed E-state index contributed by atoms with van der Waals surface area (Å²) in [6, 6.07) is 0. The average molecular weight is 208 g/mol. The van der Waals surface area contributed by atoms with Crippen LogP contribution in [0.3, 0.4) is 0 Å². The van der Waals surface area contributed by atoms with Crippen LogP contribution in [0.4, 0.5) is 5.82 Å².